The monoisotopic (exact) mass is 362 g/mol. The van der Waals surface area contributed by atoms with Crippen LogP contribution in [-0.2, 0) is 9.59 Å². The molecule has 1 spiro atoms. The number of aliphatic hydroxyl groups is 3. The largest absolute Gasteiger partial charge is 0.481 e. The van der Waals surface area contributed by atoms with E-state index in [1.54, 1.807) is 13.0 Å². The van der Waals surface area contributed by atoms with Gasteiger partial charge in [-0.25, -0.2) is 0 Å². The molecule has 142 valence electrons. The highest BCUT2D eigenvalue weighted by atomic mass is 16.4. The number of carboxylic acids is 1. The molecule has 6 heteroatoms. The van der Waals surface area contributed by atoms with Gasteiger partial charge in [-0.15, -0.1) is 0 Å². The van der Waals surface area contributed by atoms with Crippen molar-refractivity contribution in [3.8, 4) is 0 Å². The van der Waals surface area contributed by atoms with E-state index in [4.69, 9.17) is 0 Å². The first kappa shape index (κ1) is 17.9. The first-order valence-electron chi connectivity index (χ1n) is 9.21. The number of carbonyl (C=O) groups excluding carboxylic acids is 1. The zero-order valence-electron chi connectivity index (χ0n) is 15.1. The fraction of sp³-hybridized carbons (Fsp3) is 0.700. The SMILES string of the molecule is C=C1C[C@]23C[C@@]1(O)CC[C@H]2C1=C[C@@H](O)[C@H](O)[C@@](C)(C(C)=O)[C@H]1[C@@H]3C(=O)O. The van der Waals surface area contributed by atoms with Crippen LogP contribution in [-0.4, -0.2) is 50.0 Å². The number of Topliss-reactive ketones (excluding diaryl/α,β-unsaturated/α-hetero) is 1. The second-order valence-corrected chi connectivity index (χ2v) is 9.05. The highest BCUT2D eigenvalue weighted by molar-refractivity contribution is 5.86. The molecule has 2 bridgehead atoms. The average molecular weight is 362 g/mol. The Hall–Kier alpha value is -1.50. The van der Waals surface area contributed by atoms with Crippen molar-refractivity contribution in [3.05, 3.63) is 23.8 Å². The lowest BCUT2D eigenvalue weighted by Gasteiger charge is -2.45. The summed E-state index contributed by atoms with van der Waals surface area (Å²) in [5, 5.41) is 42.1. The molecule has 3 fully saturated rings. The van der Waals surface area contributed by atoms with Crippen molar-refractivity contribution in [2.75, 3.05) is 0 Å². The first-order chi connectivity index (χ1) is 12.0. The van der Waals surface area contributed by atoms with Gasteiger partial charge in [0, 0.05) is 5.92 Å². The van der Waals surface area contributed by atoms with Gasteiger partial charge < -0.3 is 20.4 Å². The van der Waals surface area contributed by atoms with E-state index in [0.717, 1.165) is 5.57 Å². The summed E-state index contributed by atoms with van der Waals surface area (Å²) in [4.78, 5) is 25.0. The summed E-state index contributed by atoms with van der Waals surface area (Å²) in [5.74, 6) is -3.06. The molecule has 26 heavy (non-hydrogen) atoms. The molecule has 0 aliphatic heterocycles. The van der Waals surface area contributed by atoms with E-state index >= 15 is 0 Å². The number of hydrogen-bond acceptors (Lipinski definition) is 5. The van der Waals surface area contributed by atoms with Crippen LogP contribution in [0.5, 0.6) is 0 Å². The summed E-state index contributed by atoms with van der Waals surface area (Å²) >= 11 is 0. The lowest BCUT2D eigenvalue weighted by molar-refractivity contribution is -0.160. The van der Waals surface area contributed by atoms with Gasteiger partial charge in [0.05, 0.1) is 29.1 Å². The molecule has 4 rings (SSSR count). The van der Waals surface area contributed by atoms with Crippen LogP contribution in [0.4, 0.5) is 0 Å². The number of aliphatic carboxylic acids is 1. The van der Waals surface area contributed by atoms with Gasteiger partial charge in [0.25, 0.3) is 0 Å². The standard InChI is InChI=1S/C20H26O6/c1-9-7-19-8-20(9,26)5-4-12(19)11-6-13(22)16(23)18(3,10(2)21)14(11)15(19)17(24)25/h6,12-16,22-23,26H,1,4-5,7-8H2,2-3H3,(H,24,25)/t12-,13+,14+,15+,16-,18-,19-,20-/m0/s1. The molecule has 0 heterocycles. The number of carbonyl (C=O) groups is 2. The number of carboxylic acid groups (broad SMARTS) is 1. The van der Waals surface area contributed by atoms with Gasteiger partial charge in [-0.05, 0) is 56.4 Å². The van der Waals surface area contributed by atoms with Crippen LogP contribution in [0.15, 0.2) is 23.8 Å². The molecule has 4 aliphatic carbocycles. The number of allylic oxidation sites excluding steroid dienone is 1. The molecule has 0 unspecified atom stereocenters. The fourth-order valence-corrected chi connectivity index (χ4v) is 6.71. The molecule has 0 aromatic rings. The van der Waals surface area contributed by atoms with Crippen molar-refractivity contribution in [2.24, 2.45) is 28.6 Å². The Morgan fingerprint density at radius 1 is 1.31 bits per heavy atom. The first-order valence-corrected chi connectivity index (χ1v) is 9.21. The quantitative estimate of drug-likeness (QED) is 0.546. The van der Waals surface area contributed by atoms with Crippen molar-refractivity contribution in [1.82, 2.24) is 0 Å². The summed E-state index contributed by atoms with van der Waals surface area (Å²) in [7, 11) is 0. The van der Waals surface area contributed by atoms with Gasteiger partial charge in [0.2, 0.25) is 0 Å². The zero-order valence-corrected chi connectivity index (χ0v) is 15.1. The Morgan fingerprint density at radius 3 is 2.54 bits per heavy atom. The number of fused-ring (bicyclic) bond motifs is 3. The minimum atomic E-state index is -1.37. The highest BCUT2D eigenvalue weighted by Gasteiger charge is 2.73. The van der Waals surface area contributed by atoms with Crippen LogP contribution in [0, 0.1) is 28.6 Å². The summed E-state index contributed by atoms with van der Waals surface area (Å²) in [5.41, 5.74) is -1.71. The van der Waals surface area contributed by atoms with E-state index in [0.29, 0.717) is 31.3 Å². The molecule has 6 nitrogen and oxygen atoms in total. The van der Waals surface area contributed by atoms with Crippen LogP contribution >= 0.6 is 0 Å². The molecule has 4 N–H and O–H groups in total. The maximum absolute atomic E-state index is 12.6. The van der Waals surface area contributed by atoms with E-state index in [1.165, 1.54) is 6.92 Å². The number of aliphatic hydroxyl groups excluding tert-OH is 2. The van der Waals surface area contributed by atoms with E-state index < -0.39 is 46.4 Å². The van der Waals surface area contributed by atoms with Crippen LogP contribution < -0.4 is 0 Å². The summed E-state index contributed by atoms with van der Waals surface area (Å²) in [6, 6.07) is 0. The summed E-state index contributed by atoms with van der Waals surface area (Å²) < 4.78 is 0. The smallest absolute Gasteiger partial charge is 0.307 e. The molecule has 4 aliphatic rings. The van der Waals surface area contributed by atoms with Gasteiger partial charge in [-0.2, -0.15) is 0 Å². The van der Waals surface area contributed by atoms with E-state index in [1.807, 2.05) is 0 Å². The third-order valence-electron chi connectivity index (χ3n) is 8.05. The van der Waals surface area contributed by atoms with Gasteiger partial charge in [0.1, 0.15) is 5.78 Å². The maximum atomic E-state index is 12.6. The predicted molar refractivity (Wildman–Crippen MR) is 92.0 cm³/mol. The Morgan fingerprint density at radius 2 is 1.96 bits per heavy atom. The predicted octanol–water partition coefficient (Wildman–Crippen LogP) is 1.05. The van der Waals surface area contributed by atoms with Crippen molar-refractivity contribution >= 4 is 11.8 Å². The van der Waals surface area contributed by atoms with Crippen molar-refractivity contribution in [3.63, 3.8) is 0 Å². The lowest BCUT2D eigenvalue weighted by atomic mass is 9.59. The van der Waals surface area contributed by atoms with Crippen LogP contribution in [0.1, 0.15) is 39.5 Å². The van der Waals surface area contributed by atoms with Gasteiger partial charge in [-0.3, -0.25) is 9.59 Å². The van der Waals surface area contributed by atoms with Crippen LogP contribution in [0.2, 0.25) is 0 Å². The van der Waals surface area contributed by atoms with Gasteiger partial charge in [-0.1, -0.05) is 18.2 Å². The topological polar surface area (TPSA) is 115 Å². The molecule has 0 aromatic heterocycles. The van der Waals surface area contributed by atoms with Gasteiger partial charge in [0.15, 0.2) is 0 Å². The summed E-state index contributed by atoms with van der Waals surface area (Å²) in [6.07, 6.45) is 0.831. The lowest BCUT2D eigenvalue weighted by Crippen LogP contribution is -2.55. The molecule has 8 atom stereocenters. The Labute approximate surface area is 152 Å². The fourth-order valence-electron chi connectivity index (χ4n) is 6.71. The van der Waals surface area contributed by atoms with E-state index in [2.05, 4.69) is 6.58 Å². The minimum Gasteiger partial charge on any atom is -0.481 e. The van der Waals surface area contributed by atoms with E-state index in [-0.39, 0.29) is 11.7 Å². The molecular formula is C20H26O6. The van der Waals surface area contributed by atoms with Crippen molar-refractivity contribution in [1.29, 1.82) is 0 Å². The molecule has 3 saturated carbocycles. The number of hydrogen-bond donors (Lipinski definition) is 4. The van der Waals surface area contributed by atoms with Crippen LogP contribution in [0.25, 0.3) is 0 Å². The van der Waals surface area contributed by atoms with Crippen LogP contribution in [0.3, 0.4) is 0 Å². The Bertz CT molecular complexity index is 755. The Balaban J connectivity index is 1.96. The second kappa shape index (κ2) is 5.06. The number of rotatable bonds is 2. The number of ketones is 1. The molecule has 0 radical (unpaired) electrons. The van der Waals surface area contributed by atoms with Crippen molar-refractivity contribution in [2.45, 2.75) is 57.3 Å². The third kappa shape index (κ3) is 1.82. The normalized spacial score (nSPS) is 52.3. The zero-order chi connectivity index (χ0) is 19.2. The Kier molecular flexibility index (Phi) is 3.48. The van der Waals surface area contributed by atoms with Crippen molar-refractivity contribution < 1.29 is 30.0 Å². The van der Waals surface area contributed by atoms with Gasteiger partial charge >= 0.3 is 5.97 Å². The molecular weight excluding hydrogens is 336 g/mol. The molecule has 0 saturated heterocycles. The van der Waals surface area contributed by atoms with E-state index in [9.17, 15) is 30.0 Å². The maximum Gasteiger partial charge on any atom is 0.307 e. The highest BCUT2D eigenvalue weighted by Crippen LogP contribution is 2.73. The second-order valence-electron chi connectivity index (χ2n) is 9.05. The average Bonchev–Trinajstić information content (AvgIpc) is 2.92. The third-order valence-corrected chi connectivity index (χ3v) is 8.05. The molecule has 0 amide bonds. The molecule has 0 aromatic carbocycles. The summed E-state index contributed by atoms with van der Waals surface area (Å²) in [6.45, 7) is 6.93. The minimum absolute atomic E-state index is 0.131.